The van der Waals surface area contributed by atoms with E-state index in [0.29, 0.717) is 59.3 Å². The van der Waals surface area contributed by atoms with Crippen LogP contribution in [0.4, 0.5) is 17.1 Å². The number of hydrogen-bond donors (Lipinski definition) is 2. The maximum Gasteiger partial charge on any atom is 0.338 e. The van der Waals surface area contributed by atoms with E-state index in [2.05, 4.69) is 27.5 Å². The third-order valence-electron chi connectivity index (χ3n) is 8.21. The second-order valence-electron chi connectivity index (χ2n) is 11.2. The zero-order valence-corrected chi connectivity index (χ0v) is 25.7. The van der Waals surface area contributed by atoms with Crippen LogP contribution in [0, 0.1) is 0 Å². The molecule has 234 valence electrons. The molecule has 3 aliphatic heterocycles. The summed E-state index contributed by atoms with van der Waals surface area (Å²) in [5, 5.41) is 6.36. The number of fused-ring (bicyclic) bond motifs is 2. The first-order valence-corrected chi connectivity index (χ1v) is 15.1. The van der Waals surface area contributed by atoms with E-state index < -0.39 is 5.97 Å². The van der Waals surface area contributed by atoms with E-state index in [1.165, 1.54) is 0 Å². The summed E-state index contributed by atoms with van der Waals surface area (Å²) in [6.07, 6.45) is 0. The van der Waals surface area contributed by atoms with Crippen molar-refractivity contribution in [1.82, 2.24) is 9.80 Å². The number of rotatable bonds is 8. The van der Waals surface area contributed by atoms with Crippen LogP contribution in [0.15, 0.2) is 60.7 Å². The van der Waals surface area contributed by atoms with Crippen molar-refractivity contribution in [3.63, 3.8) is 0 Å². The molecule has 6 rings (SSSR count). The van der Waals surface area contributed by atoms with Crippen LogP contribution in [0.1, 0.15) is 28.4 Å². The lowest BCUT2D eigenvalue weighted by Gasteiger charge is -2.32. The molecule has 3 aliphatic rings. The zero-order chi connectivity index (χ0) is 31.5. The van der Waals surface area contributed by atoms with E-state index in [9.17, 15) is 14.4 Å². The van der Waals surface area contributed by atoms with Crippen molar-refractivity contribution >= 4 is 46.1 Å². The number of piperazine rings is 1. The van der Waals surface area contributed by atoms with E-state index in [4.69, 9.17) is 14.2 Å². The number of ether oxygens (including phenoxy) is 3. The zero-order valence-electron chi connectivity index (χ0n) is 25.7. The van der Waals surface area contributed by atoms with Crippen LogP contribution in [0.2, 0.25) is 0 Å². The standard InChI is InChI=1S/C34H37N5O6/c1-4-43-34(42)23-5-11-26-27(19-23)36-33(41)31(26)32(22-6-12-28-29(20-22)45-18-17-44-28)35-24-7-9-25(10-8-24)38(3)30(40)21-39-15-13-37(2)14-16-39/h5-12,19-20,35H,4,13-18,21H2,1-3H3,(H,36,41)/b32-31-. The second kappa shape index (κ2) is 13.0. The lowest BCUT2D eigenvalue weighted by atomic mass is 9.98. The van der Waals surface area contributed by atoms with Gasteiger partial charge in [-0.25, -0.2) is 4.79 Å². The Labute approximate surface area is 262 Å². The first-order chi connectivity index (χ1) is 21.8. The molecular weight excluding hydrogens is 574 g/mol. The molecule has 0 radical (unpaired) electrons. The fraction of sp³-hybridized carbons (Fsp3) is 0.324. The summed E-state index contributed by atoms with van der Waals surface area (Å²) in [6.45, 7) is 6.92. The molecule has 45 heavy (non-hydrogen) atoms. The number of nitrogens with one attached hydrogen (secondary N) is 2. The molecule has 0 saturated carbocycles. The van der Waals surface area contributed by atoms with Gasteiger partial charge in [0.25, 0.3) is 5.91 Å². The van der Waals surface area contributed by atoms with Crippen molar-refractivity contribution < 1.29 is 28.6 Å². The summed E-state index contributed by atoms with van der Waals surface area (Å²) in [7, 11) is 3.88. The third kappa shape index (κ3) is 6.50. The van der Waals surface area contributed by atoms with Gasteiger partial charge >= 0.3 is 5.97 Å². The Hall–Kier alpha value is -4.87. The molecule has 0 aromatic heterocycles. The molecule has 1 fully saturated rings. The summed E-state index contributed by atoms with van der Waals surface area (Å²) < 4.78 is 16.7. The topological polar surface area (TPSA) is 113 Å². The Morgan fingerprint density at radius 2 is 1.64 bits per heavy atom. The normalized spacial score (nSPS) is 17.3. The number of esters is 1. The molecule has 0 aliphatic carbocycles. The van der Waals surface area contributed by atoms with Gasteiger partial charge < -0.3 is 34.6 Å². The van der Waals surface area contributed by atoms with Crippen LogP contribution in [0.5, 0.6) is 11.5 Å². The Bertz CT molecular complexity index is 1650. The minimum atomic E-state index is -0.454. The van der Waals surface area contributed by atoms with Gasteiger partial charge in [-0.3, -0.25) is 14.5 Å². The number of benzene rings is 3. The molecule has 11 nitrogen and oxygen atoms in total. The van der Waals surface area contributed by atoms with Crippen LogP contribution < -0.4 is 25.0 Å². The van der Waals surface area contributed by atoms with Gasteiger partial charge in [0.15, 0.2) is 11.5 Å². The maximum atomic E-state index is 13.5. The number of nitrogens with zero attached hydrogens (tertiary/aromatic N) is 3. The van der Waals surface area contributed by atoms with Gasteiger partial charge in [0.2, 0.25) is 5.91 Å². The van der Waals surface area contributed by atoms with Crippen molar-refractivity contribution in [3.8, 4) is 11.5 Å². The molecule has 3 aromatic rings. The lowest BCUT2D eigenvalue weighted by Crippen LogP contribution is -2.48. The predicted molar refractivity (Wildman–Crippen MR) is 173 cm³/mol. The van der Waals surface area contributed by atoms with E-state index in [-0.39, 0.29) is 18.4 Å². The predicted octanol–water partition coefficient (Wildman–Crippen LogP) is 3.78. The van der Waals surface area contributed by atoms with Crippen LogP contribution >= 0.6 is 0 Å². The van der Waals surface area contributed by atoms with Gasteiger partial charge in [0, 0.05) is 55.7 Å². The van der Waals surface area contributed by atoms with Gasteiger partial charge in [-0.2, -0.15) is 0 Å². The van der Waals surface area contributed by atoms with Gasteiger partial charge in [-0.1, -0.05) is 6.07 Å². The number of carbonyl (C=O) groups excluding carboxylic acids is 3. The summed E-state index contributed by atoms with van der Waals surface area (Å²) in [4.78, 5) is 45.0. The maximum absolute atomic E-state index is 13.5. The van der Waals surface area contributed by atoms with Gasteiger partial charge in [0.05, 0.1) is 35.7 Å². The van der Waals surface area contributed by atoms with Crippen LogP contribution in [-0.2, 0) is 14.3 Å². The molecule has 0 spiro atoms. The lowest BCUT2D eigenvalue weighted by molar-refractivity contribution is -0.119. The van der Waals surface area contributed by atoms with Crippen molar-refractivity contribution in [1.29, 1.82) is 0 Å². The second-order valence-corrected chi connectivity index (χ2v) is 11.2. The summed E-state index contributed by atoms with van der Waals surface area (Å²) in [5.74, 6) is 0.489. The molecule has 0 bridgehead atoms. The van der Waals surface area contributed by atoms with E-state index in [0.717, 1.165) is 43.1 Å². The first-order valence-electron chi connectivity index (χ1n) is 15.1. The number of anilines is 3. The fourth-order valence-corrected chi connectivity index (χ4v) is 5.60. The number of likely N-dealkylation sites (N-methyl/N-ethyl adjacent to an activating group) is 2. The van der Waals surface area contributed by atoms with Crippen LogP contribution in [0.3, 0.4) is 0 Å². The highest BCUT2D eigenvalue weighted by Gasteiger charge is 2.30. The average molecular weight is 612 g/mol. The van der Waals surface area contributed by atoms with Gasteiger partial charge in [0.1, 0.15) is 13.2 Å². The molecule has 2 N–H and O–H groups in total. The largest absolute Gasteiger partial charge is 0.486 e. The monoisotopic (exact) mass is 611 g/mol. The molecule has 1 saturated heterocycles. The van der Waals surface area contributed by atoms with Gasteiger partial charge in [-0.15, -0.1) is 0 Å². The average Bonchev–Trinajstić information content (AvgIpc) is 3.39. The smallest absolute Gasteiger partial charge is 0.338 e. The fourth-order valence-electron chi connectivity index (χ4n) is 5.60. The molecule has 3 aromatic carbocycles. The molecule has 2 amide bonds. The molecular formula is C34H37N5O6. The van der Waals surface area contributed by atoms with Crippen molar-refractivity contribution in [2.45, 2.75) is 6.92 Å². The highest BCUT2D eigenvalue weighted by Crippen LogP contribution is 2.40. The quantitative estimate of drug-likeness (QED) is 0.290. The number of hydrogen-bond acceptors (Lipinski definition) is 9. The Kier molecular flexibility index (Phi) is 8.72. The first kappa shape index (κ1) is 30.2. The Morgan fingerprint density at radius 3 is 2.38 bits per heavy atom. The molecule has 0 unspecified atom stereocenters. The SMILES string of the molecule is CCOC(=O)c1ccc2c(c1)NC(=O)/C2=C(\Nc1ccc(N(C)C(=O)CN2CCN(C)CC2)cc1)c1ccc2c(c1)OCCO2. The molecule has 11 heteroatoms. The summed E-state index contributed by atoms with van der Waals surface area (Å²) >= 11 is 0. The Balaban J connectivity index is 1.30. The van der Waals surface area contributed by atoms with Gasteiger partial charge in [-0.05, 0) is 68.6 Å². The molecule has 3 heterocycles. The molecule has 0 atom stereocenters. The Morgan fingerprint density at radius 1 is 0.933 bits per heavy atom. The highest BCUT2D eigenvalue weighted by molar-refractivity contribution is 6.37. The minimum absolute atomic E-state index is 0.0285. The van der Waals surface area contributed by atoms with Crippen LogP contribution in [-0.4, -0.2) is 94.2 Å². The van der Waals surface area contributed by atoms with E-state index in [1.54, 1.807) is 37.1 Å². The van der Waals surface area contributed by atoms with Crippen LogP contribution in [0.25, 0.3) is 11.3 Å². The summed E-state index contributed by atoms with van der Waals surface area (Å²) in [6, 6.07) is 18.1. The summed E-state index contributed by atoms with van der Waals surface area (Å²) in [5.41, 5.74) is 4.71. The van der Waals surface area contributed by atoms with E-state index >= 15 is 0 Å². The van der Waals surface area contributed by atoms with Crippen molar-refractivity contribution in [3.05, 3.63) is 77.4 Å². The minimum Gasteiger partial charge on any atom is -0.486 e. The highest BCUT2D eigenvalue weighted by atomic mass is 16.6. The number of amides is 2. The van der Waals surface area contributed by atoms with Crippen molar-refractivity contribution in [2.75, 3.05) is 82.2 Å². The number of carbonyl (C=O) groups is 3. The van der Waals surface area contributed by atoms with E-state index in [1.807, 2.05) is 42.5 Å². The van der Waals surface area contributed by atoms with Crippen molar-refractivity contribution in [2.24, 2.45) is 0 Å². The third-order valence-corrected chi connectivity index (χ3v) is 8.21.